The molecule has 4 rings (SSSR count). The molecule has 0 unspecified atom stereocenters. The maximum atomic E-state index is 13.0. The lowest BCUT2D eigenvalue weighted by atomic mass is 10.1. The van der Waals surface area contributed by atoms with Crippen LogP contribution in [-0.4, -0.2) is 35.2 Å². The van der Waals surface area contributed by atoms with Crippen LogP contribution >= 0.6 is 11.6 Å². The Morgan fingerprint density at radius 1 is 0.919 bits per heavy atom. The molecule has 0 radical (unpaired) electrons. The van der Waals surface area contributed by atoms with E-state index in [0.717, 1.165) is 16.0 Å². The molecular formula is C28H24ClN3O5. The number of amides is 3. The number of carbonyl (C=O) groups is 4. The second-order valence-electron chi connectivity index (χ2n) is 8.28. The summed E-state index contributed by atoms with van der Waals surface area (Å²) in [6, 6.07) is 20.4. The lowest BCUT2D eigenvalue weighted by Gasteiger charge is -2.16. The summed E-state index contributed by atoms with van der Waals surface area (Å²) in [5.74, 6) is -1.97. The maximum absolute atomic E-state index is 13.0. The van der Waals surface area contributed by atoms with Gasteiger partial charge in [0.25, 0.3) is 17.7 Å². The summed E-state index contributed by atoms with van der Waals surface area (Å²) < 4.78 is 4.96. The van der Waals surface area contributed by atoms with E-state index in [-0.39, 0.29) is 23.9 Å². The molecule has 0 atom stereocenters. The highest BCUT2D eigenvalue weighted by molar-refractivity contribution is 6.48. The lowest BCUT2D eigenvalue weighted by molar-refractivity contribution is -0.138. The van der Waals surface area contributed by atoms with Crippen molar-refractivity contribution in [1.29, 1.82) is 0 Å². The summed E-state index contributed by atoms with van der Waals surface area (Å²) >= 11 is 6.24. The number of imide groups is 1. The second kappa shape index (κ2) is 11.1. The topological polar surface area (TPSA) is 105 Å². The van der Waals surface area contributed by atoms with Gasteiger partial charge in [-0.2, -0.15) is 0 Å². The van der Waals surface area contributed by atoms with Crippen molar-refractivity contribution in [1.82, 2.24) is 4.90 Å². The fourth-order valence-electron chi connectivity index (χ4n) is 3.70. The Kier molecular flexibility index (Phi) is 7.69. The molecule has 0 saturated heterocycles. The van der Waals surface area contributed by atoms with E-state index in [1.54, 1.807) is 56.3 Å². The van der Waals surface area contributed by atoms with Crippen molar-refractivity contribution in [2.24, 2.45) is 0 Å². The predicted octanol–water partition coefficient (Wildman–Crippen LogP) is 4.86. The summed E-state index contributed by atoms with van der Waals surface area (Å²) in [5.41, 5.74) is 3.14. The molecular weight excluding hydrogens is 494 g/mol. The first kappa shape index (κ1) is 25.7. The molecule has 3 amide bonds. The summed E-state index contributed by atoms with van der Waals surface area (Å²) in [5, 5.41) is 5.51. The summed E-state index contributed by atoms with van der Waals surface area (Å²) in [7, 11) is 0. The van der Waals surface area contributed by atoms with E-state index in [9.17, 15) is 19.2 Å². The third-order valence-electron chi connectivity index (χ3n) is 5.71. The van der Waals surface area contributed by atoms with Crippen LogP contribution in [0.4, 0.5) is 11.4 Å². The number of benzene rings is 3. The van der Waals surface area contributed by atoms with E-state index in [1.807, 2.05) is 30.3 Å². The van der Waals surface area contributed by atoms with Gasteiger partial charge >= 0.3 is 5.97 Å². The van der Waals surface area contributed by atoms with Crippen LogP contribution in [0.2, 0.25) is 0 Å². The largest absolute Gasteiger partial charge is 0.462 e. The SMILES string of the molecule is CCOC(=O)c1ccc(NC(=O)c2ccc(C)c(NC3=C(Cl)C(=O)N(Cc4ccccc4)C3=O)c2)cc1. The van der Waals surface area contributed by atoms with E-state index in [2.05, 4.69) is 10.6 Å². The van der Waals surface area contributed by atoms with Gasteiger partial charge in [-0.15, -0.1) is 0 Å². The van der Waals surface area contributed by atoms with E-state index in [0.29, 0.717) is 22.5 Å². The molecule has 0 aromatic heterocycles. The van der Waals surface area contributed by atoms with Crippen LogP contribution < -0.4 is 10.6 Å². The smallest absolute Gasteiger partial charge is 0.338 e. The van der Waals surface area contributed by atoms with E-state index >= 15 is 0 Å². The molecule has 1 heterocycles. The van der Waals surface area contributed by atoms with Crippen LogP contribution in [0.15, 0.2) is 83.5 Å². The molecule has 3 aromatic rings. The molecule has 0 spiro atoms. The van der Waals surface area contributed by atoms with Crippen LogP contribution in [-0.2, 0) is 20.9 Å². The number of aryl methyl sites for hydroxylation is 1. The number of anilines is 2. The Labute approximate surface area is 218 Å². The highest BCUT2D eigenvalue weighted by Crippen LogP contribution is 2.29. The zero-order valence-electron chi connectivity index (χ0n) is 20.2. The van der Waals surface area contributed by atoms with Crippen LogP contribution in [0.1, 0.15) is 38.8 Å². The number of nitrogens with zero attached hydrogens (tertiary/aromatic N) is 1. The fourth-order valence-corrected chi connectivity index (χ4v) is 3.93. The molecule has 188 valence electrons. The maximum Gasteiger partial charge on any atom is 0.338 e. The Balaban J connectivity index is 1.48. The van der Waals surface area contributed by atoms with Gasteiger partial charge in [-0.3, -0.25) is 19.3 Å². The zero-order valence-corrected chi connectivity index (χ0v) is 21.0. The Hall–Kier alpha value is -4.43. The first-order valence-corrected chi connectivity index (χ1v) is 11.9. The number of esters is 1. The van der Waals surface area contributed by atoms with Gasteiger partial charge in [0, 0.05) is 16.9 Å². The molecule has 1 aliphatic heterocycles. The van der Waals surface area contributed by atoms with Gasteiger partial charge in [0.05, 0.1) is 18.7 Å². The summed E-state index contributed by atoms with van der Waals surface area (Å²) in [6.45, 7) is 3.89. The standard InChI is InChI=1S/C28H24ClN3O5/c1-3-37-28(36)19-11-13-21(14-12-19)30-25(33)20-10-9-17(2)22(15-20)31-24-23(29)26(34)32(27(24)35)16-18-7-5-4-6-8-18/h4-15,31H,3,16H2,1-2H3,(H,30,33). The molecule has 0 bridgehead atoms. The van der Waals surface area contributed by atoms with Gasteiger partial charge in [-0.25, -0.2) is 4.79 Å². The third kappa shape index (κ3) is 5.70. The third-order valence-corrected chi connectivity index (χ3v) is 6.06. The van der Waals surface area contributed by atoms with Crippen LogP contribution in [0.25, 0.3) is 0 Å². The van der Waals surface area contributed by atoms with Crippen molar-refractivity contribution in [3.8, 4) is 0 Å². The monoisotopic (exact) mass is 517 g/mol. The summed E-state index contributed by atoms with van der Waals surface area (Å²) in [4.78, 5) is 51.4. The van der Waals surface area contributed by atoms with Crippen molar-refractivity contribution < 1.29 is 23.9 Å². The van der Waals surface area contributed by atoms with Crippen molar-refractivity contribution >= 4 is 46.7 Å². The average molecular weight is 518 g/mol. The van der Waals surface area contributed by atoms with Gasteiger partial charge in [0.15, 0.2) is 0 Å². The fraction of sp³-hybridized carbons (Fsp3) is 0.143. The Morgan fingerprint density at radius 2 is 1.59 bits per heavy atom. The van der Waals surface area contributed by atoms with Crippen molar-refractivity contribution in [3.63, 3.8) is 0 Å². The van der Waals surface area contributed by atoms with Crippen LogP contribution in [0.5, 0.6) is 0 Å². The van der Waals surface area contributed by atoms with Crippen molar-refractivity contribution in [2.75, 3.05) is 17.2 Å². The first-order chi connectivity index (χ1) is 17.8. The second-order valence-corrected chi connectivity index (χ2v) is 8.66. The number of halogens is 1. The number of rotatable bonds is 8. The quantitative estimate of drug-likeness (QED) is 0.327. The van der Waals surface area contributed by atoms with Crippen LogP contribution in [0, 0.1) is 6.92 Å². The molecule has 8 nitrogen and oxygen atoms in total. The number of nitrogens with one attached hydrogen (secondary N) is 2. The van der Waals surface area contributed by atoms with Gasteiger partial charge in [-0.1, -0.05) is 48.0 Å². The molecule has 0 aliphatic carbocycles. The first-order valence-electron chi connectivity index (χ1n) is 11.5. The molecule has 1 aliphatic rings. The number of ether oxygens (including phenoxy) is 1. The normalized spacial score (nSPS) is 13.1. The lowest BCUT2D eigenvalue weighted by Crippen LogP contribution is -2.31. The molecule has 2 N–H and O–H groups in total. The minimum absolute atomic E-state index is 0.0437. The average Bonchev–Trinajstić information content (AvgIpc) is 3.09. The number of hydrogen-bond donors (Lipinski definition) is 2. The van der Waals surface area contributed by atoms with E-state index in [4.69, 9.17) is 16.3 Å². The predicted molar refractivity (Wildman–Crippen MR) is 140 cm³/mol. The molecule has 9 heteroatoms. The highest BCUT2D eigenvalue weighted by Gasteiger charge is 2.38. The van der Waals surface area contributed by atoms with Gasteiger partial charge < -0.3 is 15.4 Å². The minimum Gasteiger partial charge on any atom is -0.462 e. The number of carbonyl (C=O) groups excluding carboxylic acids is 4. The molecule has 0 fully saturated rings. The van der Waals surface area contributed by atoms with Gasteiger partial charge in [0.1, 0.15) is 10.7 Å². The highest BCUT2D eigenvalue weighted by atomic mass is 35.5. The van der Waals surface area contributed by atoms with Gasteiger partial charge in [0.2, 0.25) is 0 Å². The molecule has 37 heavy (non-hydrogen) atoms. The Bertz CT molecular complexity index is 1400. The van der Waals surface area contributed by atoms with E-state index < -0.39 is 23.7 Å². The van der Waals surface area contributed by atoms with Crippen molar-refractivity contribution in [2.45, 2.75) is 20.4 Å². The van der Waals surface area contributed by atoms with Crippen molar-refractivity contribution in [3.05, 3.63) is 106 Å². The van der Waals surface area contributed by atoms with Gasteiger partial charge in [-0.05, 0) is 61.4 Å². The minimum atomic E-state index is -0.587. The van der Waals surface area contributed by atoms with E-state index in [1.165, 1.54) is 0 Å². The number of hydrogen-bond acceptors (Lipinski definition) is 6. The summed E-state index contributed by atoms with van der Waals surface area (Å²) in [6.07, 6.45) is 0. The zero-order chi connectivity index (χ0) is 26.5. The van der Waals surface area contributed by atoms with Crippen LogP contribution in [0.3, 0.4) is 0 Å². The molecule has 3 aromatic carbocycles. The molecule has 0 saturated carbocycles. The Morgan fingerprint density at radius 3 is 2.27 bits per heavy atom.